The molecule has 0 aliphatic carbocycles. The Balaban J connectivity index is 2.19. The van der Waals surface area contributed by atoms with Crippen molar-refractivity contribution in [3.8, 4) is 0 Å². The first-order chi connectivity index (χ1) is 7.22. The van der Waals surface area contributed by atoms with Crippen LogP contribution in [0.3, 0.4) is 0 Å². The molecular weight excluding hydrogens is 224 g/mol. The Kier molecular flexibility index (Phi) is 5.67. The number of thiazole rings is 1. The van der Waals surface area contributed by atoms with Crippen molar-refractivity contribution >= 4 is 11.3 Å². The smallest absolute Gasteiger partial charge is 0.261 e. The van der Waals surface area contributed by atoms with Gasteiger partial charge in [0.05, 0.1) is 23.9 Å². The molecule has 0 aliphatic heterocycles. The van der Waals surface area contributed by atoms with E-state index in [1.54, 1.807) is 7.11 Å². The van der Waals surface area contributed by atoms with E-state index in [1.165, 1.54) is 11.3 Å². The number of nitrogens with zero attached hydrogens (tertiary/aromatic N) is 1. The summed E-state index contributed by atoms with van der Waals surface area (Å²) in [5.41, 5.74) is 0.867. The van der Waals surface area contributed by atoms with Crippen LogP contribution in [-0.4, -0.2) is 31.7 Å². The maximum atomic E-state index is 11.7. The summed E-state index contributed by atoms with van der Waals surface area (Å²) < 4.78 is 33.1. The summed E-state index contributed by atoms with van der Waals surface area (Å²) >= 11 is 1.49. The van der Waals surface area contributed by atoms with Crippen molar-refractivity contribution in [2.75, 3.05) is 20.3 Å². The van der Waals surface area contributed by atoms with Gasteiger partial charge in [-0.25, -0.2) is 13.8 Å². The Labute approximate surface area is 91.0 Å². The van der Waals surface area contributed by atoms with Crippen LogP contribution in [0.1, 0.15) is 10.7 Å². The van der Waals surface area contributed by atoms with Crippen LogP contribution in [0.2, 0.25) is 0 Å². The lowest BCUT2D eigenvalue weighted by Gasteiger charge is -2.00. The molecule has 1 rings (SSSR count). The van der Waals surface area contributed by atoms with Crippen molar-refractivity contribution in [3.63, 3.8) is 0 Å². The zero-order chi connectivity index (χ0) is 11.1. The third-order valence-corrected chi connectivity index (χ3v) is 2.55. The van der Waals surface area contributed by atoms with Crippen LogP contribution in [0.5, 0.6) is 0 Å². The Hall–Kier alpha value is -0.590. The minimum atomic E-state index is -2.40. The van der Waals surface area contributed by atoms with E-state index >= 15 is 0 Å². The number of hydrogen-bond acceptors (Lipinski definition) is 4. The molecule has 0 amide bonds. The number of ether oxygens (including phenoxy) is 2. The van der Waals surface area contributed by atoms with E-state index in [0.717, 1.165) is 10.7 Å². The zero-order valence-electron chi connectivity index (χ0n) is 8.41. The van der Waals surface area contributed by atoms with Crippen LogP contribution in [0.25, 0.3) is 0 Å². The van der Waals surface area contributed by atoms with Gasteiger partial charge in [0.25, 0.3) is 6.43 Å². The lowest BCUT2D eigenvalue weighted by molar-refractivity contribution is 0.0187. The van der Waals surface area contributed by atoms with Crippen molar-refractivity contribution in [1.29, 1.82) is 0 Å². The van der Waals surface area contributed by atoms with Crippen LogP contribution >= 0.6 is 11.3 Å². The molecule has 0 fully saturated rings. The highest BCUT2D eigenvalue weighted by Crippen LogP contribution is 2.11. The van der Waals surface area contributed by atoms with Crippen molar-refractivity contribution in [3.05, 3.63) is 16.1 Å². The lowest BCUT2D eigenvalue weighted by atomic mass is 10.4. The highest BCUT2D eigenvalue weighted by atomic mass is 32.1. The summed E-state index contributed by atoms with van der Waals surface area (Å²) in [5, 5.41) is 2.78. The van der Waals surface area contributed by atoms with Gasteiger partial charge in [-0.3, -0.25) is 0 Å². The van der Waals surface area contributed by atoms with Crippen molar-refractivity contribution < 1.29 is 18.3 Å². The molecule has 0 bridgehead atoms. The first-order valence-electron chi connectivity index (χ1n) is 4.50. The van der Waals surface area contributed by atoms with Gasteiger partial charge in [-0.2, -0.15) is 0 Å². The molecule has 1 aromatic rings. The molecule has 0 N–H and O–H groups in total. The molecule has 1 heterocycles. The molecular formula is C9H13F2NO2S. The van der Waals surface area contributed by atoms with Gasteiger partial charge < -0.3 is 9.47 Å². The van der Waals surface area contributed by atoms with E-state index in [0.29, 0.717) is 13.0 Å². The summed E-state index contributed by atoms with van der Waals surface area (Å²) in [7, 11) is 1.60. The standard InChI is InChI=1S/C9H13F2NO2S/c1-13-4-7-6-15-9(12-7)2-3-14-5-8(10)11/h6,8H,2-5H2,1H3. The Morgan fingerprint density at radius 2 is 2.33 bits per heavy atom. The van der Waals surface area contributed by atoms with Gasteiger partial charge >= 0.3 is 0 Å². The molecule has 0 radical (unpaired) electrons. The molecule has 3 nitrogen and oxygen atoms in total. The lowest BCUT2D eigenvalue weighted by Crippen LogP contribution is -2.07. The van der Waals surface area contributed by atoms with Crippen LogP contribution in [-0.2, 0) is 22.5 Å². The van der Waals surface area contributed by atoms with Gasteiger partial charge in [-0.05, 0) is 0 Å². The Morgan fingerprint density at radius 3 is 3.00 bits per heavy atom. The molecule has 15 heavy (non-hydrogen) atoms. The monoisotopic (exact) mass is 237 g/mol. The highest BCUT2D eigenvalue weighted by molar-refractivity contribution is 7.09. The third kappa shape index (κ3) is 5.15. The normalized spacial score (nSPS) is 11.2. The summed E-state index contributed by atoms with van der Waals surface area (Å²) in [4.78, 5) is 4.24. The van der Waals surface area contributed by atoms with Gasteiger partial charge in [0.15, 0.2) is 0 Å². The third-order valence-electron chi connectivity index (χ3n) is 1.60. The molecule has 6 heteroatoms. The van der Waals surface area contributed by atoms with Gasteiger partial charge in [-0.1, -0.05) is 0 Å². The number of hydrogen-bond donors (Lipinski definition) is 0. The molecule has 0 saturated carbocycles. The summed E-state index contributed by atoms with van der Waals surface area (Å²) in [5.74, 6) is 0. The second-order valence-corrected chi connectivity index (χ2v) is 3.82. The maximum absolute atomic E-state index is 11.7. The molecule has 0 aliphatic rings. The number of halogens is 2. The average Bonchev–Trinajstić information content (AvgIpc) is 2.61. The average molecular weight is 237 g/mol. The predicted molar refractivity (Wildman–Crippen MR) is 53.4 cm³/mol. The summed E-state index contributed by atoms with van der Waals surface area (Å²) in [6, 6.07) is 0. The largest absolute Gasteiger partial charge is 0.378 e. The molecule has 0 aromatic carbocycles. The Morgan fingerprint density at radius 1 is 1.53 bits per heavy atom. The molecule has 1 aromatic heterocycles. The highest BCUT2D eigenvalue weighted by Gasteiger charge is 2.04. The van der Waals surface area contributed by atoms with Gasteiger partial charge in [0, 0.05) is 18.9 Å². The van der Waals surface area contributed by atoms with E-state index in [1.807, 2.05) is 5.38 Å². The number of methoxy groups -OCH3 is 1. The van der Waals surface area contributed by atoms with Crippen molar-refractivity contribution in [2.45, 2.75) is 19.5 Å². The fourth-order valence-corrected chi connectivity index (χ4v) is 1.77. The van der Waals surface area contributed by atoms with E-state index in [2.05, 4.69) is 4.98 Å². The van der Waals surface area contributed by atoms with Crippen LogP contribution in [0.15, 0.2) is 5.38 Å². The minimum absolute atomic E-state index is 0.282. The second kappa shape index (κ2) is 6.81. The first-order valence-corrected chi connectivity index (χ1v) is 5.38. The molecule has 0 atom stereocenters. The van der Waals surface area contributed by atoms with Gasteiger partial charge in [-0.15, -0.1) is 11.3 Å². The van der Waals surface area contributed by atoms with Crippen LogP contribution < -0.4 is 0 Å². The van der Waals surface area contributed by atoms with Gasteiger partial charge in [0.2, 0.25) is 0 Å². The van der Waals surface area contributed by atoms with Gasteiger partial charge in [0.1, 0.15) is 6.61 Å². The first kappa shape index (κ1) is 12.5. The van der Waals surface area contributed by atoms with E-state index in [9.17, 15) is 8.78 Å². The van der Waals surface area contributed by atoms with E-state index in [-0.39, 0.29) is 6.61 Å². The maximum Gasteiger partial charge on any atom is 0.261 e. The quantitative estimate of drug-likeness (QED) is 0.681. The molecule has 0 spiro atoms. The van der Waals surface area contributed by atoms with E-state index in [4.69, 9.17) is 9.47 Å². The van der Waals surface area contributed by atoms with Crippen molar-refractivity contribution in [1.82, 2.24) is 4.98 Å². The number of rotatable bonds is 7. The predicted octanol–water partition coefficient (Wildman–Crippen LogP) is 2.11. The van der Waals surface area contributed by atoms with Crippen LogP contribution in [0, 0.1) is 0 Å². The Bertz CT molecular complexity index is 281. The zero-order valence-corrected chi connectivity index (χ0v) is 9.23. The molecule has 0 unspecified atom stereocenters. The van der Waals surface area contributed by atoms with Crippen LogP contribution in [0.4, 0.5) is 8.78 Å². The summed E-state index contributed by atoms with van der Waals surface area (Å²) in [6.45, 7) is 0.259. The topological polar surface area (TPSA) is 31.4 Å². The van der Waals surface area contributed by atoms with E-state index < -0.39 is 13.0 Å². The number of aromatic nitrogens is 1. The molecule has 86 valence electrons. The number of alkyl halides is 2. The fourth-order valence-electron chi connectivity index (χ4n) is 1.01. The van der Waals surface area contributed by atoms with Crippen molar-refractivity contribution in [2.24, 2.45) is 0 Å². The fraction of sp³-hybridized carbons (Fsp3) is 0.667. The minimum Gasteiger partial charge on any atom is -0.378 e. The molecule has 0 saturated heterocycles. The summed E-state index contributed by atoms with van der Waals surface area (Å²) in [6.07, 6.45) is -1.83. The SMILES string of the molecule is COCc1csc(CCOCC(F)F)n1. The second-order valence-electron chi connectivity index (χ2n) is 2.88.